The molecule has 0 aliphatic heterocycles. The normalized spacial score (nSPS) is 10.9. The van der Waals surface area contributed by atoms with Crippen LogP contribution in [-0.4, -0.2) is 5.97 Å². The van der Waals surface area contributed by atoms with Crippen molar-refractivity contribution in [3.8, 4) is 0 Å². The Morgan fingerprint density at radius 2 is 1.12 bits per heavy atom. The van der Waals surface area contributed by atoms with Crippen LogP contribution in [0, 0.1) is 52.4 Å². The van der Waals surface area contributed by atoms with Crippen molar-refractivity contribution < 1.29 is 49.0 Å². The van der Waals surface area contributed by atoms with Gasteiger partial charge in [0.15, 0.2) is 46.5 Å². The van der Waals surface area contributed by atoms with Crippen molar-refractivity contribution in [2.75, 3.05) is 0 Å². The first-order chi connectivity index (χ1) is 11.6. The van der Waals surface area contributed by atoms with Crippen LogP contribution >= 0.6 is 0 Å². The average molecular weight is 374 g/mol. The molecule has 0 saturated heterocycles. The third-order valence-corrected chi connectivity index (χ3v) is 2.95. The minimum absolute atomic E-state index is 0.0829. The fourth-order valence-electron chi connectivity index (χ4n) is 1.73. The Labute approximate surface area is 132 Å². The topological polar surface area (TPSA) is 26.3 Å². The molecule has 0 N–H and O–H groups in total. The van der Waals surface area contributed by atoms with Crippen molar-refractivity contribution >= 4 is 5.97 Å². The van der Waals surface area contributed by atoms with Gasteiger partial charge in [0.1, 0.15) is 12.2 Å². The van der Waals surface area contributed by atoms with Crippen LogP contribution in [0.3, 0.4) is 0 Å². The van der Waals surface area contributed by atoms with Gasteiger partial charge >= 0.3 is 5.97 Å². The number of carbonyl (C=O) groups is 1. The fourth-order valence-corrected chi connectivity index (χ4v) is 1.73. The van der Waals surface area contributed by atoms with Gasteiger partial charge in [-0.3, -0.25) is 0 Å². The molecule has 0 aliphatic rings. The van der Waals surface area contributed by atoms with Crippen molar-refractivity contribution in [2.45, 2.75) is 6.61 Å². The van der Waals surface area contributed by atoms with Crippen LogP contribution in [0.15, 0.2) is 6.07 Å². The SMILES string of the molecule is O=C(OCc1cc(F)c(F)c(F)c1F)c1c(F)c(F)c(F)c(F)c1F. The molecule has 2 rings (SSSR count). The number of rotatable bonds is 3. The molecule has 0 heterocycles. The molecule has 25 heavy (non-hydrogen) atoms. The largest absolute Gasteiger partial charge is 0.457 e. The molecular formula is C14H3F9O2. The van der Waals surface area contributed by atoms with E-state index in [0.29, 0.717) is 0 Å². The number of hydrogen-bond donors (Lipinski definition) is 0. The van der Waals surface area contributed by atoms with Crippen LogP contribution in [0.4, 0.5) is 39.5 Å². The first kappa shape index (κ1) is 18.6. The van der Waals surface area contributed by atoms with Crippen molar-refractivity contribution in [3.63, 3.8) is 0 Å². The van der Waals surface area contributed by atoms with Gasteiger partial charge in [-0.15, -0.1) is 0 Å². The van der Waals surface area contributed by atoms with E-state index in [-0.39, 0.29) is 6.07 Å². The summed E-state index contributed by atoms with van der Waals surface area (Å²) in [6, 6.07) is 0.0829. The number of benzene rings is 2. The van der Waals surface area contributed by atoms with Gasteiger partial charge < -0.3 is 4.74 Å². The minimum Gasteiger partial charge on any atom is -0.457 e. The Morgan fingerprint density at radius 3 is 1.64 bits per heavy atom. The van der Waals surface area contributed by atoms with Crippen LogP contribution in [0.2, 0.25) is 0 Å². The zero-order valence-corrected chi connectivity index (χ0v) is 11.5. The molecule has 2 nitrogen and oxygen atoms in total. The van der Waals surface area contributed by atoms with E-state index in [2.05, 4.69) is 4.74 Å². The summed E-state index contributed by atoms with van der Waals surface area (Å²) < 4.78 is 122. The predicted molar refractivity (Wildman–Crippen MR) is 61.6 cm³/mol. The first-order valence-corrected chi connectivity index (χ1v) is 6.08. The second kappa shape index (κ2) is 6.65. The molecule has 0 fully saturated rings. The molecule has 2 aromatic rings. The third kappa shape index (κ3) is 3.13. The summed E-state index contributed by atoms with van der Waals surface area (Å²) in [5, 5.41) is 0. The quantitative estimate of drug-likeness (QED) is 0.347. The van der Waals surface area contributed by atoms with Crippen molar-refractivity contribution in [2.24, 2.45) is 0 Å². The van der Waals surface area contributed by atoms with Crippen molar-refractivity contribution in [1.82, 2.24) is 0 Å². The maximum atomic E-state index is 13.4. The maximum Gasteiger partial charge on any atom is 0.344 e. The molecule has 0 bridgehead atoms. The molecule has 0 aliphatic carbocycles. The molecule has 0 aromatic heterocycles. The zero-order chi connectivity index (χ0) is 19.0. The molecule has 0 spiro atoms. The smallest absolute Gasteiger partial charge is 0.344 e. The van der Waals surface area contributed by atoms with Crippen LogP contribution in [-0.2, 0) is 11.3 Å². The van der Waals surface area contributed by atoms with Gasteiger partial charge in [-0.1, -0.05) is 0 Å². The Bertz CT molecular complexity index is 851. The summed E-state index contributed by atoms with van der Waals surface area (Å²) in [7, 11) is 0. The van der Waals surface area contributed by atoms with E-state index in [1.807, 2.05) is 0 Å². The molecule has 134 valence electrons. The second-order valence-electron chi connectivity index (χ2n) is 4.48. The van der Waals surface area contributed by atoms with Gasteiger partial charge in [-0.2, -0.15) is 0 Å². The summed E-state index contributed by atoms with van der Waals surface area (Å²) >= 11 is 0. The van der Waals surface area contributed by atoms with Gasteiger partial charge in [0.25, 0.3) is 0 Å². The maximum absolute atomic E-state index is 13.4. The van der Waals surface area contributed by atoms with E-state index in [1.54, 1.807) is 0 Å². The molecular weight excluding hydrogens is 371 g/mol. The van der Waals surface area contributed by atoms with Crippen LogP contribution in [0.5, 0.6) is 0 Å². The van der Waals surface area contributed by atoms with Gasteiger partial charge in [0.05, 0.1) is 0 Å². The van der Waals surface area contributed by atoms with Crippen molar-refractivity contribution in [1.29, 1.82) is 0 Å². The highest BCUT2D eigenvalue weighted by molar-refractivity contribution is 5.90. The number of carbonyl (C=O) groups excluding carboxylic acids is 1. The van der Waals surface area contributed by atoms with Crippen LogP contribution in [0.1, 0.15) is 15.9 Å². The van der Waals surface area contributed by atoms with Crippen molar-refractivity contribution in [3.05, 3.63) is 69.5 Å². The van der Waals surface area contributed by atoms with E-state index < -0.39 is 76.1 Å². The summed E-state index contributed by atoms with van der Waals surface area (Å²) in [4.78, 5) is 11.5. The summed E-state index contributed by atoms with van der Waals surface area (Å²) in [5.74, 6) is -22.8. The summed E-state index contributed by atoms with van der Waals surface area (Å²) in [6.45, 7) is -1.38. The van der Waals surface area contributed by atoms with Crippen LogP contribution < -0.4 is 0 Å². The summed E-state index contributed by atoms with van der Waals surface area (Å²) in [6.07, 6.45) is 0. The zero-order valence-electron chi connectivity index (χ0n) is 11.5. The highest BCUT2D eigenvalue weighted by atomic mass is 19.2. The highest BCUT2D eigenvalue weighted by Gasteiger charge is 2.31. The van der Waals surface area contributed by atoms with E-state index >= 15 is 0 Å². The molecule has 0 saturated carbocycles. The average Bonchev–Trinajstić information content (AvgIpc) is 2.58. The lowest BCUT2D eigenvalue weighted by molar-refractivity contribution is 0.0452. The lowest BCUT2D eigenvalue weighted by atomic mass is 10.1. The number of ether oxygens (including phenoxy) is 1. The second-order valence-corrected chi connectivity index (χ2v) is 4.48. The van der Waals surface area contributed by atoms with Gasteiger partial charge in [0.2, 0.25) is 5.82 Å². The standard InChI is InChI=1S/C14H3F9O2/c15-4-1-3(6(16)10(20)7(4)17)2-25-14(24)5-8(18)11(21)13(23)12(22)9(5)19/h1H,2H2. The molecule has 0 atom stereocenters. The van der Waals surface area contributed by atoms with Crippen LogP contribution in [0.25, 0.3) is 0 Å². The number of esters is 1. The third-order valence-electron chi connectivity index (χ3n) is 2.95. The Kier molecular flexibility index (Phi) is 4.95. The Hall–Kier alpha value is -2.72. The van der Waals surface area contributed by atoms with E-state index in [4.69, 9.17) is 0 Å². The minimum atomic E-state index is -2.53. The highest BCUT2D eigenvalue weighted by Crippen LogP contribution is 2.25. The monoisotopic (exact) mass is 374 g/mol. The first-order valence-electron chi connectivity index (χ1n) is 6.08. The number of halogens is 9. The lowest BCUT2D eigenvalue weighted by Gasteiger charge is -2.10. The Balaban J connectivity index is 2.34. The van der Waals surface area contributed by atoms with E-state index in [9.17, 15) is 44.3 Å². The summed E-state index contributed by atoms with van der Waals surface area (Å²) in [5.41, 5.74) is -3.06. The van der Waals surface area contributed by atoms with Gasteiger partial charge in [-0.25, -0.2) is 44.3 Å². The Morgan fingerprint density at radius 1 is 0.680 bits per heavy atom. The van der Waals surface area contributed by atoms with E-state index in [1.165, 1.54) is 0 Å². The molecule has 0 unspecified atom stereocenters. The molecule has 11 heteroatoms. The fraction of sp³-hybridized carbons (Fsp3) is 0.0714. The van der Waals surface area contributed by atoms with Gasteiger partial charge in [0, 0.05) is 5.56 Å². The predicted octanol–water partition coefficient (Wildman–Crippen LogP) is 4.30. The number of hydrogen-bond acceptors (Lipinski definition) is 2. The molecule has 0 amide bonds. The van der Waals surface area contributed by atoms with E-state index in [0.717, 1.165) is 0 Å². The molecule has 0 radical (unpaired) electrons. The lowest BCUT2D eigenvalue weighted by Crippen LogP contribution is -2.16. The molecule has 2 aromatic carbocycles. The van der Waals surface area contributed by atoms with Gasteiger partial charge in [-0.05, 0) is 6.07 Å².